The summed E-state index contributed by atoms with van der Waals surface area (Å²) in [7, 11) is 0. The third-order valence-corrected chi connectivity index (χ3v) is 7.13. The van der Waals surface area contributed by atoms with Crippen LogP contribution in [0.25, 0.3) is 0 Å². The number of amides is 2. The van der Waals surface area contributed by atoms with Crippen LogP contribution in [-0.2, 0) is 11.2 Å². The van der Waals surface area contributed by atoms with Crippen molar-refractivity contribution >= 4 is 35.1 Å². The Balaban J connectivity index is 1.48. The van der Waals surface area contributed by atoms with Crippen molar-refractivity contribution in [3.8, 4) is 0 Å². The molecule has 2 amide bonds. The zero-order chi connectivity index (χ0) is 26.0. The van der Waals surface area contributed by atoms with E-state index in [2.05, 4.69) is 17.4 Å². The van der Waals surface area contributed by atoms with E-state index in [9.17, 15) is 14.7 Å². The van der Waals surface area contributed by atoms with Crippen LogP contribution >= 0.6 is 11.8 Å². The van der Waals surface area contributed by atoms with Crippen molar-refractivity contribution in [1.82, 2.24) is 0 Å². The number of rotatable bonds is 10. The largest absolute Gasteiger partial charge is 0.481 e. The number of nitrogens with zero attached hydrogens (tertiary/aromatic N) is 1. The molecule has 0 bridgehead atoms. The number of aliphatic carboxylic acids is 1. The molecule has 0 aliphatic heterocycles. The summed E-state index contributed by atoms with van der Waals surface area (Å²) < 4.78 is 0. The van der Waals surface area contributed by atoms with Crippen LogP contribution < -0.4 is 10.2 Å². The zero-order valence-electron chi connectivity index (χ0n) is 20.7. The van der Waals surface area contributed by atoms with E-state index in [0.29, 0.717) is 13.0 Å². The first-order chi connectivity index (χ1) is 18.0. The van der Waals surface area contributed by atoms with Gasteiger partial charge in [-0.3, -0.25) is 9.69 Å². The molecule has 4 aromatic carbocycles. The van der Waals surface area contributed by atoms with Gasteiger partial charge in [0.25, 0.3) is 0 Å². The molecule has 0 heterocycles. The van der Waals surface area contributed by atoms with Crippen molar-refractivity contribution in [2.24, 2.45) is 0 Å². The molecular weight excluding hydrogens is 480 g/mol. The Morgan fingerprint density at radius 3 is 1.95 bits per heavy atom. The summed E-state index contributed by atoms with van der Waals surface area (Å²) in [5.74, 6) is -1.28. The van der Waals surface area contributed by atoms with Gasteiger partial charge in [0.1, 0.15) is 0 Å². The maximum Gasteiger partial charge on any atom is 0.326 e. The third kappa shape index (κ3) is 7.24. The average Bonchev–Trinajstić information content (AvgIpc) is 2.92. The van der Waals surface area contributed by atoms with Gasteiger partial charge in [0.2, 0.25) is 0 Å². The number of hydrogen-bond donors (Lipinski definition) is 2. The molecule has 0 fully saturated rings. The second-order valence-corrected chi connectivity index (χ2v) is 9.79. The normalized spacial score (nSPS) is 11.5. The van der Waals surface area contributed by atoms with E-state index in [4.69, 9.17) is 0 Å². The Morgan fingerprint density at radius 2 is 1.38 bits per heavy atom. The van der Waals surface area contributed by atoms with Gasteiger partial charge in [0, 0.05) is 27.7 Å². The third-order valence-electron chi connectivity index (χ3n) is 6.11. The zero-order valence-corrected chi connectivity index (χ0v) is 21.5. The number of carboxylic acid groups (broad SMARTS) is 1. The lowest BCUT2D eigenvalue weighted by atomic mass is 9.97. The molecule has 0 aliphatic rings. The summed E-state index contributed by atoms with van der Waals surface area (Å²) in [6, 6.07) is 35.0. The molecule has 0 spiro atoms. The van der Waals surface area contributed by atoms with E-state index < -0.39 is 11.9 Å². The first kappa shape index (κ1) is 26.0. The smallest absolute Gasteiger partial charge is 0.326 e. The Labute approximate surface area is 222 Å². The fourth-order valence-electron chi connectivity index (χ4n) is 4.10. The van der Waals surface area contributed by atoms with Crippen molar-refractivity contribution in [3.63, 3.8) is 0 Å². The highest BCUT2D eigenvalue weighted by atomic mass is 32.2. The maximum atomic E-state index is 13.2. The predicted molar refractivity (Wildman–Crippen MR) is 151 cm³/mol. The van der Waals surface area contributed by atoms with E-state index >= 15 is 0 Å². The summed E-state index contributed by atoms with van der Waals surface area (Å²) in [6.07, 6.45) is 1.29. The van der Waals surface area contributed by atoms with Gasteiger partial charge in [0.05, 0.1) is 5.92 Å². The van der Waals surface area contributed by atoms with Crippen LogP contribution in [0.2, 0.25) is 0 Å². The molecule has 1 atom stereocenters. The molecule has 6 heteroatoms. The van der Waals surface area contributed by atoms with Crippen molar-refractivity contribution in [2.45, 2.75) is 35.5 Å². The molecule has 0 saturated heterocycles. The van der Waals surface area contributed by atoms with Crippen LogP contribution in [0.5, 0.6) is 0 Å². The highest BCUT2D eigenvalue weighted by Gasteiger charge is 2.18. The molecule has 0 aromatic heterocycles. The van der Waals surface area contributed by atoms with Crippen LogP contribution in [0.15, 0.2) is 119 Å². The van der Waals surface area contributed by atoms with Crippen LogP contribution in [-0.4, -0.2) is 23.7 Å². The standard InChI is InChI=1S/C31H30N2O3S/c1-2-29(30(34)35)24-13-17-27(18-14-24)37-28-19-15-26(16-20-28)33(22-21-23-9-5-3-6-10-23)31(36)32-25-11-7-4-8-12-25/h3-20,29H,2,21-22H2,1H3,(H,32,36)(H,34,35). The number of para-hydroxylation sites is 1. The van der Waals surface area contributed by atoms with Gasteiger partial charge in [-0.1, -0.05) is 79.3 Å². The van der Waals surface area contributed by atoms with E-state index in [-0.39, 0.29) is 6.03 Å². The van der Waals surface area contributed by atoms with Crippen molar-refractivity contribution < 1.29 is 14.7 Å². The summed E-state index contributed by atoms with van der Waals surface area (Å²) in [4.78, 5) is 28.5. The molecule has 4 aromatic rings. The molecule has 0 saturated carbocycles. The van der Waals surface area contributed by atoms with Crippen molar-refractivity contribution in [1.29, 1.82) is 0 Å². The summed E-state index contributed by atoms with van der Waals surface area (Å²) in [5, 5.41) is 12.4. The topological polar surface area (TPSA) is 69.6 Å². The summed E-state index contributed by atoms with van der Waals surface area (Å²) in [6.45, 7) is 2.42. The number of carbonyl (C=O) groups is 2. The molecule has 5 nitrogen and oxygen atoms in total. The van der Waals surface area contributed by atoms with Crippen LogP contribution in [0.4, 0.5) is 16.2 Å². The van der Waals surface area contributed by atoms with E-state index in [1.54, 1.807) is 16.7 Å². The number of carboxylic acids is 1. The molecule has 0 aliphatic carbocycles. The first-order valence-corrected chi connectivity index (χ1v) is 13.1. The number of anilines is 2. The van der Waals surface area contributed by atoms with Gasteiger partial charge >= 0.3 is 12.0 Å². The van der Waals surface area contributed by atoms with E-state index in [0.717, 1.165) is 33.2 Å². The molecular formula is C31H30N2O3S. The van der Waals surface area contributed by atoms with Gasteiger partial charge < -0.3 is 10.4 Å². The fraction of sp³-hybridized carbons (Fsp3) is 0.161. The highest BCUT2D eigenvalue weighted by molar-refractivity contribution is 7.99. The predicted octanol–water partition coefficient (Wildman–Crippen LogP) is 7.70. The van der Waals surface area contributed by atoms with Gasteiger partial charge in [-0.25, -0.2) is 4.79 Å². The van der Waals surface area contributed by atoms with Crippen LogP contribution in [0.3, 0.4) is 0 Å². The van der Waals surface area contributed by atoms with Gasteiger partial charge in [-0.05, 0) is 72.5 Å². The molecule has 188 valence electrons. The van der Waals surface area contributed by atoms with E-state index in [1.165, 1.54) is 5.56 Å². The van der Waals surface area contributed by atoms with Gasteiger partial charge in [-0.15, -0.1) is 0 Å². The Morgan fingerprint density at radius 1 is 0.811 bits per heavy atom. The van der Waals surface area contributed by atoms with Crippen molar-refractivity contribution in [2.75, 3.05) is 16.8 Å². The number of hydrogen-bond acceptors (Lipinski definition) is 3. The number of benzene rings is 4. The SMILES string of the molecule is CCC(C(=O)O)c1ccc(Sc2ccc(N(CCc3ccccc3)C(=O)Nc3ccccc3)cc2)cc1. The highest BCUT2D eigenvalue weighted by Crippen LogP contribution is 2.31. The molecule has 4 rings (SSSR count). The molecule has 1 unspecified atom stereocenters. The summed E-state index contributed by atoms with van der Waals surface area (Å²) >= 11 is 1.60. The first-order valence-electron chi connectivity index (χ1n) is 12.3. The van der Waals surface area contributed by atoms with Crippen LogP contribution in [0.1, 0.15) is 30.4 Å². The minimum Gasteiger partial charge on any atom is -0.481 e. The molecule has 2 N–H and O–H groups in total. The van der Waals surface area contributed by atoms with Crippen LogP contribution in [0, 0.1) is 0 Å². The Hall–Kier alpha value is -4.03. The number of urea groups is 1. The number of carbonyl (C=O) groups excluding carboxylic acids is 1. The number of nitrogens with one attached hydrogen (secondary N) is 1. The van der Waals surface area contributed by atoms with Gasteiger partial charge in [0.15, 0.2) is 0 Å². The molecule has 37 heavy (non-hydrogen) atoms. The molecule has 0 radical (unpaired) electrons. The second kappa shape index (κ2) is 12.8. The Kier molecular flexibility index (Phi) is 9.00. The minimum absolute atomic E-state index is 0.179. The Bertz CT molecular complexity index is 1290. The lowest BCUT2D eigenvalue weighted by Gasteiger charge is -2.24. The average molecular weight is 511 g/mol. The lowest BCUT2D eigenvalue weighted by Crippen LogP contribution is -2.36. The minimum atomic E-state index is -0.799. The fourth-order valence-corrected chi connectivity index (χ4v) is 4.91. The quantitative estimate of drug-likeness (QED) is 0.229. The second-order valence-electron chi connectivity index (χ2n) is 8.65. The van der Waals surface area contributed by atoms with Crippen molar-refractivity contribution in [3.05, 3.63) is 120 Å². The lowest BCUT2D eigenvalue weighted by molar-refractivity contribution is -0.138. The maximum absolute atomic E-state index is 13.2. The van der Waals surface area contributed by atoms with Gasteiger partial charge in [-0.2, -0.15) is 0 Å². The van der Waals surface area contributed by atoms with E-state index in [1.807, 2.05) is 104 Å². The monoisotopic (exact) mass is 510 g/mol. The summed E-state index contributed by atoms with van der Waals surface area (Å²) in [5.41, 5.74) is 3.55.